The van der Waals surface area contributed by atoms with Crippen LogP contribution in [0.3, 0.4) is 0 Å². The van der Waals surface area contributed by atoms with E-state index in [4.69, 9.17) is 9.40 Å². The maximum Gasteiger partial charge on any atom is 0.309 e. The van der Waals surface area contributed by atoms with Crippen LogP contribution in [0.4, 0.5) is 0 Å². The Morgan fingerprint density at radius 3 is 2.26 bits per heavy atom. The number of pyridine rings is 1. The minimum Gasteiger partial charge on any atom is -0.481 e. The number of hydrogen-bond donors (Lipinski definition) is 1. The summed E-state index contributed by atoms with van der Waals surface area (Å²) in [6.45, 7) is 18.8. The van der Waals surface area contributed by atoms with E-state index in [0.29, 0.717) is 49.2 Å². The highest BCUT2D eigenvalue weighted by atomic mass is 16.4. The first-order valence-corrected chi connectivity index (χ1v) is 16.3. The van der Waals surface area contributed by atoms with Crippen molar-refractivity contribution in [2.24, 2.45) is 22.2 Å². The Morgan fingerprint density at radius 2 is 1.65 bits per heavy atom. The largest absolute Gasteiger partial charge is 0.481 e. The molecule has 0 saturated heterocycles. The van der Waals surface area contributed by atoms with E-state index in [0.717, 1.165) is 40.8 Å². The molecule has 6 heteroatoms. The molecule has 0 amide bonds. The van der Waals surface area contributed by atoms with Gasteiger partial charge in [-0.15, -0.1) is 0 Å². The molecule has 0 spiro atoms. The van der Waals surface area contributed by atoms with E-state index < -0.39 is 11.4 Å². The average Bonchev–Trinajstić information content (AvgIpc) is 3.33. The molecular formula is C37H53NO5. The highest BCUT2D eigenvalue weighted by molar-refractivity contribution is 5.99. The second-order valence-electron chi connectivity index (χ2n) is 16.5. The van der Waals surface area contributed by atoms with Crippen LogP contribution in [0, 0.1) is 22.2 Å². The van der Waals surface area contributed by atoms with Crippen LogP contribution >= 0.6 is 0 Å². The van der Waals surface area contributed by atoms with Crippen molar-refractivity contribution in [3.63, 3.8) is 0 Å². The molecule has 0 aliphatic heterocycles. The van der Waals surface area contributed by atoms with Gasteiger partial charge in [-0.1, -0.05) is 54.5 Å². The molecule has 2 aromatic heterocycles. The number of ketones is 2. The molecule has 1 atom stereocenters. The number of nitrogens with zero attached hydrogens (tertiary/aromatic N) is 1. The van der Waals surface area contributed by atoms with E-state index in [1.54, 1.807) is 13.8 Å². The van der Waals surface area contributed by atoms with Crippen molar-refractivity contribution in [2.75, 3.05) is 0 Å². The zero-order valence-corrected chi connectivity index (χ0v) is 28.0. The van der Waals surface area contributed by atoms with E-state index in [1.807, 2.05) is 12.1 Å². The summed E-state index contributed by atoms with van der Waals surface area (Å²) in [4.78, 5) is 43.7. The monoisotopic (exact) mass is 591 g/mol. The molecular weight excluding hydrogens is 538 g/mol. The molecule has 236 valence electrons. The average molecular weight is 592 g/mol. The number of carboxylic acid groups (broad SMARTS) is 1. The number of aliphatic carboxylic acids is 1. The number of fused-ring (bicyclic) bond motifs is 1. The van der Waals surface area contributed by atoms with Crippen molar-refractivity contribution >= 4 is 28.6 Å². The van der Waals surface area contributed by atoms with Crippen LogP contribution in [0.25, 0.3) is 11.1 Å². The lowest BCUT2D eigenvalue weighted by Gasteiger charge is -2.34. The Bertz CT molecular complexity index is 1400. The Kier molecular flexibility index (Phi) is 9.22. The topological polar surface area (TPSA) is 97.5 Å². The molecule has 1 unspecified atom stereocenters. The van der Waals surface area contributed by atoms with Gasteiger partial charge < -0.3 is 9.52 Å². The lowest BCUT2D eigenvalue weighted by Crippen LogP contribution is -2.32. The number of carboxylic acids is 1. The number of carbonyl (C=O) groups is 3. The Balaban J connectivity index is 1.57. The third-order valence-electron chi connectivity index (χ3n) is 10.3. The zero-order valence-electron chi connectivity index (χ0n) is 28.0. The summed E-state index contributed by atoms with van der Waals surface area (Å²) in [5.74, 6) is -0.301. The van der Waals surface area contributed by atoms with E-state index in [2.05, 4.69) is 54.5 Å². The number of allylic oxidation sites excluding steroid dienone is 2. The van der Waals surface area contributed by atoms with Crippen LogP contribution in [0.5, 0.6) is 0 Å². The molecule has 0 aromatic carbocycles. The SMILES string of the molecule is CC1(C)CCC(c2cc(C(C)(C)C)c3oc(C(=O)C4CCC/C(C(=O)CCC(C)(C)C(=O)O)=C/CC4(C)C)cc3n2)CC1. The summed E-state index contributed by atoms with van der Waals surface area (Å²) in [6, 6.07) is 4.09. The van der Waals surface area contributed by atoms with Crippen molar-refractivity contribution < 1.29 is 23.9 Å². The van der Waals surface area contributed by atoms with Gasteiger partial charge in [-0.3, -0.25) is 14.4 Å². The van der Waals surface area contributed by atoms with Gasteiger partial charge in [-0.05, 0) is 99.5 Å². The van der Waals surface area contributed by atoms with Crippen LogP contribution in [-0.2, 0) is 15.0 Å². The van der Waals surface area contributed by atoms with Crippen LogP contribution in [0.2, 0.25) is 0 Å². The van der Waals surface area contributed by atoms with Gasteiger partial charge >= 0.3 is 5.97 Å². The van der Waals surface area contributed by atoms with Gasteiger partial charge in [-0.25, -0.2) is 4.98 Å². The van der Waals surface area contributed by atoms with Crippen molar-refractivity contribution in [1.82, 2.24) is 4.98 Å². The Labute approximate surface area is 258 Å². The molecule has 2 aliphatic rings. The maximum atomic E-state index is 14.1. The summed E-state index contributed by atoms with van der Waals surface area (Å²) in [5.41, 5.74) is 3.40. The molecule has 1 N–H and O–H groups in total. The summed E-state index contributed by atoms with van der Waals surface area (Å²) in [5, 5.41) is 9.41. The van der Waals surface area contributed by atoms with Crippen molar-refractivity contribution in [3.8, 4) is 0 Å². The van der Waals surface area contributed by atoms with Crippen LogP contribution in [-0.4, -0.2) is 27.6 Å². The summed E-state index contributed by atoms with van der Waals surface area (Å²) in [6.07, 6.45) is 9.73. The quantitative estimate of drug-likeness (QED) is 0.307. The molecule has 4 rings (SSSR count). The van der Waals surface area contributed by atoms with Gasteiger partial charge in [0.2, 0.25) is 5.78 Å². The molecule has 43 heavy (non-hydrogen) atoms. The lowest BCUT2D eigenvalue weighted by atomic mass is 9.69. The minimum absolute atomic E-state index is 0.00945. The summed E-state index contributed by atoms with van der Waals surface area (Å²) < 4.78 is 6.39. The second-order valence-corrected chi connectivity index (χ2v) is 16.5. The lowest BCUT2D eigenvalue weighted by molar-refractivity contribution is -0.147. The number of carbonyl (C=O) groups excluding carboxylic acids is 2. The zero-order chi connectivity index (χ0) is 32.0. The third kappa shape index (κ3) is 7.49. The fourth-order valence-electron chi connectivity index (χ4n) is 6.75. The number of Topliss-reactive ketones (excluding diaryl/α,β-unsaturated/α-hetero) is 2. The molecule has 2 aromatic rings. The Hall–Kier alpha value is -2.76. The first kappa shape index (κ1) is 33.1. The van der Waals surface area contributed by atoms with Gasteiger partial charge in [0.25, 0.3) is 0 Å². The number of rotatable bonds is 8. The molecule has 0 bridgehead atoms. The molecule has 2 heterocycles. The molecule has 2 aliphatic carbocycles. The first-order chi connectivity index (χ1) is 19.8. The van der Waals surface area contributed by atoms with Crippen molar-refractivity contribution in [2.45, 2.75) is 138 Å². The van der Waals surface area contributed by atoms with Crippen LogP contribution in [0.15, 0.2) is 28.2 Å². The smallest absolute Gasteiger partial charge is 0.309 e. The van der Waals surface area contributed by atoms with Gasteiger partial charge in [-0.2, -0.15) is 0 Å². The molecule has 1 fully saturated rings. The van der Waals surface area contributed by atoms with Gasteiger partial charge in [0.15, 0.2) is 17.1 Å². The number of aromatic nitrogens is 1. The van der Waals surface area contributed by atoms with Crippen LogP contribution < -0.4 is 0 Å². The fraction of sp³-hybridized carbons (Fsp3) is 0.676. The minimum atomic E-state index is -0.934. The maximum absolute atomic E-state index is 14.1. The van der Waals surface area contributed by atoms with Gasteiger partial charge in [0.05, 0.1) is 5.41 Å². The molecule has 0 radical (unpaired) electrons. The summed E-state index contributed by atoms with van der Waals surface area (Å²) >= 11 is 0. The predicted octanol–water partition coefficient (Wildman–Crippen LogP) is 9.59. The number of hydrogen-bond acceptors (Lipinski definition) is 5. The van der Waals surface area contributed by atoms with Gasteiger partial charge in [0.1, 0.15) is 5.52 Å². The summed E-state index contributed by atoms with van der Waals surface area (Å²) in [7, 11) is 0. The second kappa shape index (κ2) is 12.0. The van der Waals surface area contributed by atoms with Crippen molar-refractivity contribution in [1.29, 1.82) is 0 Å². The third-order valence-corrected chi connectivity index (χ3v) is 10.3. The van der Waals surface area contributed by atoms with E-state index in [-0.39, 0.29) is 34.7 Å². The fourth-order valence-corrected chi connectivity index (χ4v) is 6.75. The van der Waals surface area contributed by atoms with Crippen molar-refractivity contribution in [3.05, 3.63) is 40.8 Å². The highest BCUT2D eigenvalue weighted by Crippen LogP contribution is 2.45. The predicted molar refractivity (Wildman–Crippen MR) is 172 cm³/mol. The number of furan rings is 1. The van der Waals surface area contributed by atoms with E-state index >= 15 is 0 Å². The van der Waals surface area contributed by atoms with E-state index in [1.165, 1.54) is 12.8 Å². The first-order valence-electron chi connectivity index (χ1n) is 16.3. The molecule has 6 nitrogen and oxygen atoms in total. The molecule has 1 saturated carbocycles. The van der Waals surface area contributed by atoms with Crippen LogP contribution in [0.1, 0.15) is 154 Å². The van der Waals surface area contributed by atoms with E-state index in [9.17, 15) is 19.5 Å². The standard InChI is InChI=1S/C37H53NO5/c1-34(2,3)26-21-27(23-13-17-35(4,5)18-14-23)38-28-22-30(43-32(26)28)31(40)25-12-10-11-24(15-19-36(25,6)7)29(39)16-20-37(8,9)33(41)42/h15,21-23,25H,10-14,16-20H2,1-9H3,(H,41,42)/b24-15-. The Morgan fingerprint density at radius 1 is 1.00 bits per heavy atom. The normalized spacial score (nSPS) is 22.8. The van der Waals surface area contributed by atoms with Gasteiger partial charge in [0, 0.05) is 35.6 Å². The highest BCUT2D eigenvalue weighted by Gasteiger charge is 2.38.